The average Bonchev–Trinajstić information content (AvgIpc) is 2.55. The molecule has 6 nitrogen and oxygen atoms in total. The number of aromatic nitrogens is 2. The lowest BCUT2D eigenvalue weighted by Crippen LogP contribution is -2.48. The number of aryl methyl sites for hydroxylation is 1. The molecule has 1 aromatic rings. The topological polar surface area (TPSA) is 52.6 Å². The summed E-state index contributed by atoms with van der Waals surface area (Å²) in [7, 11) is 0. The van der Waals surface area contributed by atoms with Crippen molar-refractivity contribution in [2.24, 2.45) is 0 Å². The van der Waals surface area contributed by atoms with Crippen molar-refractivity contribution >= 4 is 17.7 Å². The van der Waals surface area contributed by atoms with Crippen LogP contribution in [0.25, 0.3) is 0 Å². The van der Waals surface area contributed by atoms with Gasteiger partial charge in [-0.2, -0.15) is 4.98 Å². The van der Waals surface area contributed by atoms with Gasteiger partial charge in [0.1, 0.15) is 5.82 Å². The van der Waals surface area contributed by atoms with Crippen LogP contribution < -0.4 is 9.80 Å². The molecule has 22 heavy (non-hydrogen) atoms. The molecule has 0 N–H and O–H groups in total. The van der Waals surface area contributed by atoms with Crippen LogP contribution in [0.3, 0.4) is 0 Å². The van der Waals surface area contributed by atoms with Crippen LogP contribution in [0.5, 0.6) is 0 Å². The van der Waals surface area contributed by atoms with Gasteiger partial charge in [0, 0.05) is 58.0 Å². The van der Waals surface area contributed by atoms with Crippen LogP contribution in [0, 0.1) is 6.92 Å². The number of anilines is 2. The van der Waals surface area contributed by atoms with E-state index in [1.54, 1.807) is 6.92 Å². The lowest BCUT2D eigenvalue weighted by molar-refractivity contribution is -0.129. The average molecular weight is 303 g/mol. The Morgan fingerprint density at radius 3 is 2.27 bits per heavy atom. The van der Waals surface area contributed by atoms with Gasteiger partial charge in [-0.25, -0.2) is 4.98 Å². The van der Waals surface area contributed by atoms with Gasteiger partial charge in [0.15, 0.2) is 0 Å². The summed E-state index contributed by atoms with van der Waals surface area (Å²) in [6.45, 7) is 8.97. The SMILES string of the molecule is CC(=O)N1CCN(c2nc(C)cc(N3CCCCC3)n2)CC1. The van der Waals surface area contributed by atoms with Gasteiger partial charge in [-0.15, -0.1) is 0 Å². The van der Waals surface area contributed by atoms with Crippen molar-refractivity contribution in [1.82, 2.24) is 14.9 Å². The number of piperazine rings is 1. The number of carbonyl (C=O) groups excluding carboxylic acids is 1. The minimum absolute atomic E-state index is 0.152. The molecule has 2 aliphatic rings. The van der Waals surface area contributed by atoms with E-state index in [0.29, 0.717) is 0 Å². The summed E-state index contributed by atoms with van der Waals surface area (Å²) in [6, 6.07) is 2.08. The van der Waals surface area contributed by atoms with E-state index in [1.165, 1.54) is 19.3 Å². The van der Waals surface area contributed by atoms with Crippen molar-refractivity contribution in [1.29, 1.82) is 0 Å². The quantitative estimate of drug-likeness (QED) is 0.827. The maximum absolute atomic E-state index is 11.4. The lowest BCUT2D eigenvalue weighted by atomic mass is 10.1. The predicted molar refractivity (Wildman–Crippen MR) is 87.3 cm³/mol. The third kappa shape index (κ3) is 3.31. The monoisotopic (exact) mass is 303 g/mol. The van der Waals surface area contributed by atoms with E-state index in [0.717, 1.165) is 56.7 Å². The highest BCUT2D eigenvalue weighted by Crippen LogP contribution is 2.21. The molecule has 0 aliphatic carbocycles. The number of hydrogen-bond donors (Lipinski definition) is 0. The Balaban J connectivity index is 1.74. The largest absolute Gasteiger partial charge is 0.356 e. The molecule has 2 fully saturated rings. The number of carbonyl (C=O) groups is 1. The molecule has 3 heterocycles. The van der Waals surface area contributed by atoms with E-state index in [1.807, 2.05) is 11.8 Å². The molecule has 0 radical (unpaired) electrons. The molecule has 0 saturated carbocycles. The summed E-state index contributed by atoms with van der Waals surface area (Å²) in [5, 5.41) is 0. The zero-order valence-electron chi connectivity index (χ0n) is 13.6. The first-order valence-corrected chi connectivity index (χ1v) is 8.24. The van der Waals surface area contributed by atoms with Crippen LogP contribution in [0.4, 0.5) is 11.8 Å². The first kappa shape index (κ1) is 15.1. The van der Waals surface area contributed by atoms with Crippen molar-refractivity contribution in [2.45, 2.75) is 33.1 Å². The highest BCUT2D eigenvalue weighted by atomic mass is 16.2. The Morgan fingerprint density at radius 2 is 1.64 bits per heavy atom. The molecule has 2 aliphatic heterocycles. The van der Waals surface area contributed by atoms with Crippen LogP contribution >= 0.6 is 0 Å². The standard InChI is InChI=1S/C16H25N5O/c1-13-12-15(20-6-4-3-5-7-20)18-16(17-13)21-10-8-19(9-11-21)14(2)22/h12H,3-11H2,1-2H3. The van der Waals surface area contributed by atoms with E-state index in [-0.39, 0.29) is 5.91 Å². The van der Waals surface area contributed by atoms with E-state index in [2.05, 4.69) is 20.9 Å². The summed E-state index contributed by atoms with van der Waals surface area (Å²) in [5.41, 5.74) is 1.01. The maximum atomic E-state index is 11.4. The van der Waals surface area contributed by atoms with E-state index >= 15 is 0 Å². The highest BCUT2D eigenvalue weighted by molar-refractivity contribution is 5.73. The first-order valence-electron chi connectivity index (χ1n) is 8.24. The van der Waals surface area contributed by atoms with Crippen molar-refractivity contribution in [2.75, 3.05) is 49.1 Å². The fraction of sp³-hybridized carbons (Fsp3) is 0.688. The molecule has 0 spiro atoms. The summed E-state index contributed by atoms with van der Waals surface area (Å²) in [5.74, 6) is 2.01. The number of amides is 1. The molecule has 0 unspecified atom stereocenters. The van der Waals surface area contributed by atoms with Crippen molar-refractivity contribution < 1.29 is 4.79 Å². The van der Waals surface area contributed by atoms with Gasteiger partial charge in [0.2, 0.25) is 11.9 Å². The summed E-state index contributed by atoms with van der Waals surface area (Å²) < 4.78 is 0. The third-order valence-electron chi connectivity index (χ3n) is 4.52. The Bertz CT molecular complexity index is 533. The molecule has 0 atom stereocenters. The van der Waals surface area contributed by atoms with Crippen molar-refractivity contribution in [3.05, 3.63) is 11.8 Å². The predicted octanol–water partition coefficient (Wildman–Crippen LogP) is 1.44. The van der Waals surface area contributed by atoms with Crippen molar-refractivity contribution in [3.8, 4) is 0 Å². The molecule has 6 heteroatoms. The Labute approximate surface area is 132 Å². The Morgan fingerprint density at radius 1 is 0.955 bits per heavy atom. The fourth-order valence-electron chi connectivity index (χ4n) is 3.18. The third-order valence-corrected chi connectivity index (χ3v) is 4.52. The van der Waals surface area contributed by atoms with Gasteiger partial charge in [0.05, 0.1) is 0 Å². The molecule has 1 amide bonds. The molecule has 3 rings (SSSR count). The molecule has 0 bridgehead atoms. The van der Waals surface area contributed by atoms with Gasteiger partial charge in [-0.05, 0) is 26.2 Å². The van der Waals surface area contributed by atoms with Crippen LogP contribution in [0.1, 0.15) is 31.9 Å². The first-order chi connectivity index (χ1) is 10.6. The molecule has 0 aromatic carbocycles. The van der Waals surface area contributed by atoms with Crippen molar-refractivity contribution in [3.63, 3.8) is 0 Å². The molecule has 1 aromatic heterocycles. The highest BCUT2D eigenvalue weighted by Gasteiger charge is 2.22. The number of piperidine rings is 1. The second-order valence-electron chi connectivity index (χ2n) is 6.21. The van der Waals surface area contributed by atoms with Crippen LogP contribution in [-0.4, -0.2) is 60.0 Å². The zero-order valence-corrected chi connectivity index (χ0v) is 13.6. The lowest BCUT2D eigenvalue weighted by Gasteiger charge is -2.35. The normalized spacial score (nSPS) is 19.5. The zero-order chi connectivity index (χ0) is 15.5. The van der Waals surface area contributed by atoms with Crippen LogP contribution in [0.2, 0.25) is 0 Å². The van der Waals surface area contributed by atoms with Gasteiger partial charge in [-0.1, -0.05) is 0 Å². The van der Waals surface area contributed by atoms with Gasteiger partial charge in [-0.3, -0.25) is 4.79 Å². The van der Waals surface area contributed by atoms with Gasteiger partial charge < -0.3 is 14.7 Å². The summed E-state index contributed by atoms with van der Waals surface area (Å²) >= 11 is 0. The number of hydrogen-bond acceptors (Lipinski definition) is 5. The van der Waals surface area contributed by atoms with Crippen LogP contribution in [0.15, 0.2) is 6.07 Å². The molecular weight excluding hydrogens is 278 g/mol. The molecular formula is C16H25N5O. The molecule has 120 valence electrons. The maximum Gasteiger partial charge on any atom is 0.227 e. The summed E-state index contributed by atoms with van der Waals surface area (Å²) in [6.07, 6.45) is 3.81. The van der Waals surface area contributed by atoms with E-state index in [9.17, 15) is 4.79 Å². The minimum atomic E-state index is 0.152. The molecule has 2 saturated heterocycles. The second kappa shape index (κ2) is 6.50. The Kier molecular flexibility index (Phi) is 4.45. The van der Waals surface area contributed by atoms with Gasteiger partial charge in [0.25, 0.3) is 0 Å². The Hall–Kier alpha value is -1.85. The summed E-state index contributed by atoms with van der Waals surface area (Å²) in [4.78, 5) is 27.3. The smallest absolute Gasteiger partial charge is 0.227 e. The fourth-order valence-corrected chi connectivity index (χ4v) is 3.18. The van der Waals surface area contributed by atoms with E-state index < -0.39 is 0 Å². The minimum Gasteiger partial charge on any atom is -0.356 e. The number of rotatable bonds is 2. The van der Waals surface area contributed by atoms with E-state index in [4.69, 9.17) is 4.98 Å². The number of nitrogens with zero attached hydrogens (tertiary/aromatic N) is 5. The second-order valence-corrected chi connectivity index (χ2v) is 6.21. The van der Waals surface area contributed by atoms with Crippen LogP contribution in [-0.2, 0) is 4.79 Å². The van der Waals surface area contributed by atoms with Gasteiger partial charge >= 0.3 is 0 Å².